The molecule has 0 spiro atoms. The van der Waals surface area contributed by atoms with Crippen LogP contribution in [-0.4, -0.2) is 23.9 Å². The van der Waals surface area contributed by atoms with Crippen LogP contribution in [0.1, 0.15) is 29.6 Å². The molecule has 3 N–H and O–H groups in total. The highest BCUT2D eigenvalue weighted by atomic mass is 16.6. The van der Waals surface area contributed by atoms with Crippen LogP contribution < -0.4 is 16.0 Å². The standard InChI is InChI=1S/C18H20N4O3/c19-16-9-4-13(12-17(16)22(24)25)18(23)20-14-5-7-15(8-6-14)21-10-2-1-3-11-21/h4-9,12H,1-3,10-11,19H2,(H,20,23). The molecule has 1 fully saturated rings. The van der Waals surface area contributed by atoms with Crippen LogP contribution in [0.15, 0.2) is 42.5 Å². The Bertz CT molecular complexity index is 783. The summed E-state index contributed by atoms with van der Waals surface area (Å²) in [6, 6.07) is 11.7. The molecule has 7 nitrogen and oxygen atoms in total. The number of carbonyl (C=O) groups excluding carboxylic acids is 1. The van der Waals surface area contributed by atoms with Crippen LogP contribution in [0.4, 0.5) is 22.7 Å². The zero-order valence-electron chi connectivity index (χ0n) is 13.8. The number of carbonyl (C=O) groups is 1. The predicted molar refractivity (Wildman–Crippen MR) is 98.0 cm³/mol. The molecule has 1 aliphatic heterocycles. The average Bonchev–Trinajstić information content (AvgIpc) is 2.63. The van der Waals surface area contributed by atoms with Gasteiger partial charge in [0, 0.05) is 36.1 Å². The van der Waals surface area contributed by atoms with E-state index in [4.69, 9.17) is 5.73 Å². The van der Waals surface area contributed by atoms with Gasteiger partial charge in [0.25, 0.3) is 11.6 Å². The number of amides is 1. The maximum Gasteiger partial charge on any atom is 0.292 e. The molecule has 0 aromatic heterocycles. The molecule has 0 saturated carbocycles. The summed E-state index contributed by atoms with van der Waals surface area (Å²) in [7, 11) is 0. The maximum absolute atomic E-state index is 12.3. The number of hydrogen-bond acceptors (Lipinski definition) is 5. The quantitative estimate of drug-likeness (QED) is 0.504. The first-order valence-electron chi connectivity index (χ1n) is 8.25. The maximum atomic E-state index is 12.3. The van der Waals surface area contributed by atoms with Crippen molar-refractivity contribution in [2.75, 3.05) is 29.0 Å². The van der Waals surface area contributed by atoms with E-state index < -0.39 is 10.8 Å². The lowest BCUT2D eigenvalue weighted by molar-refractivity contribution is -0.383. The second-order valence-corrected chi connectivity index (χ2v) is 6.08. The van der Waals surface area contributed by atoms with Gasteiger partial charge in [-0.25, -0.2) is 0 Å². The minimum absolute atomic E-state index is 0.0347. The zero-order valence-corrected chi connectivity index (χ0v) is 13.8. The third-order valence-electron chi connectivity index (χ3n) is 4.34. The lowest BCUT2D eigenvalue weighted by Crippen LogP contribution is -2.29. The Morgan fingerprint density at radius 2 is 1.76 bits per heavy atom. The second kappa shape index (κ2) is 7.21. The molecule has 0 bridgehead atoms. The van der Waals surface area contributed by atoms with Gasteiger partial charge in [0.2, 0.25) is 0 Å². The van der Waals surface area contributed by atoms with Crippen molar-refractivity contribution in [1.82, 2.24) is 0 Å². The first-order chi connectivity index (χ1) is 12.0. The SMILES string of the molecule is Nc1ccc(C(=O)Nc2ccc(N3CCCCC3)cc2)cc1[N+](=O)[O-]. The molecular formula is C18H20N4O3. The molecule has 130 valence electrons. The highest BCUT2D eigenvalue weighted by Crippen LogP contribution is 2.24. The number of nitrogens with two attached hydrogens (primary N) is 1. The van der Waals surface area contributed by atoms with Crippen LogP contribution in [0.2, 0.25) is 0 Å². The molecular weight excluding hydrogens is 320 g/mol. The third kappa shape index (κ3) is 3.88. The Morgan fingerprint density at radius 1 is 1.08 bits per heavy atom. The smallest absolute Gasteiger partial charge is 0.292 e. The summed E-state index contributed by atoms with van der Waals surface area (Å²) in [6.07, 6.45) is 3.68. The largest absolute Gasteiger partial charge is 0.393 e. The number of nitro groups is 1. The number of hydrogen-bond donors (Lipinski definition) is 2. The van der Waals surface area contributed by atoms with E-state index in [-0.39, 0.29) is 16.9 Å². The lowest BCUT2D eigenvalue weighted by atomic mass is 10.1. The van der Waals surface area contributed by atoms with Crippen molar-refractivity contribution in [1.29, 1.82) is 0 Å². The number of nitrogens with zero attached hydrogens (tertiary/aromatic N) is 2. The van der Waals surface area contributed by atoms with Crippen molar-refractivity contribution in [3.63, 3.8) is 0 Å². The fourth-order valence-electron chi connectivity index (χ4n) is 2.95. The summed E-state index contributed by atoms with van der Waals surface area (Å²) < 4.78 is 0. The van der Waals surface area contributed by atoms with E-state index in [1.807, 2.05) is 24.3 Å². The van der Waals surface area contributed by atoms with E-state index in [0.29, 0.717) is 5.69 Å². The van der Waals surface area contributed by atoms with Crippen molar-refractivity contribution in [3.05, 3.63) is 58.1 Å². The van der Waals surface area contributed by atoms with Crippen molar-refractivity contribution >= 4 is 28.7 Å². The van der Waals surface area contributed by atoms with E-state index in [1.165, 1.54) is 37.5 Å². The van der Waals surface area contributed by atoms with Gasteiger partial charge in [0.15, 0.2) is 0 Å². The second-order valence-electron chi connectivity index (χ2n) is 6.08. The topological polar surface area (TPSA) is 102 Å². The molecule has 2 aromatic rings. The summed E-state index contributed by atoms with van der Waals surface area (Å²) >= 11 is 0. The van der Waals surface area contributed by atoms with Crippen LogP contribution in [0, 0.1) is 10.1 Å². The monoisotopic (exact) mass is 340 g/mol. The summed E-state index contributed by atoms with van der Waals surface area (Å²) in [4.78, 5) is 25.0. The molecule has 1 aliphatic rings. The normalized spacial score (nSPS) is 14.2. The molecule has 1 saturated heterocycles. The van der Waals surface area contributed by atoms with Crippen LogP contribution in [-0.2, 0) is 0 Å². The summed E-state index contributed by atoms with van der Waals surface area (Å²) in [6.45, 7) is 2.11. The van der Waals surface area contributed by atoms with Crippen molar-refractivity contribution in [2.24, 2.45) is 0 Å². The number of rotatable bonds is 4. The average molecular weight is 340 g/mol. The lowest BCUT2D eigenvalue weighted by Gasteiger charge is -2.28. The predicted octanol–water partition coefficient (Wildman–Crippen LogP) is 3.42. The fraction of sp³-hybridized carbons (Fsp3) is 0.278. The number of anilines is 3. The van der Waals surface area contributed by atoms with E-state index in [1.54, 1.807) is 0 Å². The number of piperidine rings is 1. The van der Waals surface area contributed by atoms with Gasteiger partial charge in [-0.3, -0.25) is 14.9 Å². The minimum atomic E-state index is -0.598. The molecule has 0 aliphatic carbocycles. The van der Waals surface area contributed by atoms with Crippen LogP contribution >= 0.6 is 0 Å². The Morgan fingerprint density at radius 3 is 2.40 bits per heavy atom. The number of nitrogens with one attached hydrogen (secondary N) is 1. The fourth-order valence-corrected chi connectivity index (χ4v) is 2.95. The van der Waals surface area contributed by atoms with Crippen molar-refractivity contribution in [2.45, 2.75) is 19.3 Å². The van der Waals surface area contributed by atoms with Gasteiger partial charge >= 0.3 is 0 Å². The molecule has 2 aromatic carbocycles. The van der Waals surface area contributed by atoms with Gasteiger partial charge in [-0.2, -0.15) is 0 Å². The van der Waals surface area contributed by atoms with Gasteiger partial charge < -0.3 is 16.0 Å². The Balaban J connectivity index is 1.70. The van der Waals surface area contributed by atoms with E-state index in [9.17, 15) is 14.9 Å². The van der Waals surface area contributed by atoms with Crippen LogP contribution in [0.25, 0.3) is 0 Å². The molecule has 0 atom stereocenters. The van der Waals surface area contributed by atoms with E-state index in [0.717, 1.165) is 18.8 Å². The van der Waals surface area contributed by atoms with E-state index in [2.05, 4.69) is 10.2 Å². The van der Waals surface area contributed by atoms with Gasteiger partial charge in [-0.1, -0.05) is 0 Å². The molecule has 3 rings (SSSR count). The summed E-state index contributed by atoms with van der Waals surface area (Å²) in [5.41, 5.74) is 7.30. The molecule has 25 heavy (non-hydrogen) atoms. The minimum Gasteiger partial charge on any atom is -0.393 e. The molecule has 7 heteroatoms. The van der Waals surface area contributed by atoms with Gasteiger partial charge in [0.1, 0.15) is 5.69 Å². The highest BCUT2D eigenvalue weighted by molar-refractivity contribution is 6.05. The summed E-state index contributed by atoms with van der Waals surface area (Å²) in [5.74, 6) is -0.408. The van der Waals surface area contributed by atoms with E-state index >= 15 is 0 Å². The Hall–Kier alpha value is -3.09. The third-order valence-corrected chi connectivity index (χ3v) is 4.34. The molecule has 1 heterocycles. The molecule has 1 amide bonds. The van der Waals surface area contributed by atoms with Crippen LogP contribution in [0.5, 0.6) is 0 Å². The zero-order chi connectivity index (χ0) is 17.8. The Labute approximate surface area is 145 Å². The number of benzene rings is 2. The van der Waals surface area contributed by atoms with Gasteiger partial charge in [0.05, 0.1) is 4.92 Å². The van der Waals surface area contributed by atoms with Gasteiger partial charge in [-0.05, 0) is 55.7 Å². The first-order valence-corrected chi connectivity index (χ1v) is 8.25. The Kier molecular flexibility index (Phi) is 4.83. The summed E-state index contributed by atoms with van der Waals surface area (Å²) in [5, 5.41) is 13.7. The van der Waals surface area contributed by atoms with Gasteiger partial charge in [-0.15, -0.1) is 0 Å². The van der Waals surface area contributed by atoms with Crippen LogP contribution in [0.3, 0.4) is 0 Å². The number of nitro benzene ring substituents is 1. The van der Waals surface area contributed by atoms with Crippen molar-refractivity contribution < 1.29 is 9.72 Å². The molecule has 0 radical (unpaired) electrons. The first kappa shape index (κ1) is 16.8. The highest BCUT2D eigenvalue weighted by Gasteiger charge is 2.16. The number of nitrogen functional groups attached to an aromatic ring is 1. The molecule has 0 unspecified atom stereocenters. The van der Waals surface area contributed by atoms with Crippen molar-refractivity contribution in [3.8, 4) is 0 Å².